The van der Waals surface area contributed by atoms with E-state index in [0.29, 0.717) is 6.42 Å². The summed E-state index contributed by atoms with van der Waals surface area (Å²) in [5, 5.41) is 14.1. The van der Waals surface area contributed by atoms with Gasteiger partial charge in [-0.15, -0.1) is 11.3 Å². The minimum atomic E-state index is -0.726. The van der Waals surface area contributed by atoms with Crippen molar-refractivity contribution in [3.8, 4) is 0 Å². The lowest BCUT2D eigenvalue weighted by Crippen LogP contribution is -2.37. The highest BCUT2D eigenvalue weighted by Gasteiger charge is 2.22. The number of rotatable bonds is 7. The topological polar surface area (TPSA) is 49.3 Å². The molecule has 0 spiro atoms. The fraction of sp³-hybridized carbons (Fsp3) is 0.615. The Bertz CT molecular complexity index is 346. The summed E-state index contributed by atoms with van der Waals surface area (Å²) < 4.78 is 0. The maximum Gasteiger partial charge on any atom is 0.303 e. The summed E-state index contributed by atoms with van der Waals surface area (Å²) in [4.78, 5) is 11.8. The van der Waals surface area contributed by atoms with Crippen LogP contribution >= 0.6 is 11.3 Å². The molecule has 0 aliphatic rings. The second-order valence-electron chi connectivity index (χ2n) is 5.08. The second kappa shape index (κ2) is 6.17. The van der Waals surface area contributed by atoms with Gasteiger partial charge in [0.05, 0.1) is 0 Å². The van der Waals surface area contributed by atoms with Crippen molar-refractivity contribution < 1.29 is 9.90 Å². The van der Waals surface area contributed by atoms with Crippen molar-refractivity contribution in [1.29, 1.82) is 0 Å². The van der Waals surface area contributed by atoms with Crippen LogP contribution in [0.5, 0.6) is 0 Å². The number of thiophene rings is 1. The van der Waals surface area contributed by atoms with Gasteiger partial charge < -0.3 is 10.4 Å². The van der Waals surface area contributed by atoms with Crippen LogP contribution in [0.4, 0.5) is 0 Å². The van der Waals surface area contributed by atoms with Gasteiger partial charge in [-0.05, 0) is 24.8 Å². The highest BCUT2D eigenvalue weighted by Crippen LogP contribution is 2.26. The molecule has 96 valence electrons. The van der Waals surface area contributed by atoms with Gasteiger partial charge in [0.1, 0.15) is 0 Å². The Morgan fingerprint density at radius 1 is 1.59 bits per heavy atom. The van der Waals surface area contributed by atoms with Crippen LogP contribution in [0.2, 0.25) is 0 Å². The highest BCUT2D eigenvalue weighted by atomic mass is 32.1. The monoisotopic (exact) mass is 255 g/mol. The SMILES string of the molecule is CC(CCC(=O)O)NCC(C)(C)c1cccs1. The van der Waals surface area contributed by atoms with E-state index < -0.39 is 5.97 Å². The van der Waals surface area contributed by atoms with Crippen molar-refractivity contribution in [3.63, 3.8) is 0 Å². The molecule has 1 unspecified atom stereocenters. The highest BCUT2D eigenvalue weighted by molar-refractivity contribution is 7.10. The first-order chi connectivity index (χ1) is 7.92. The van der Waals surface area contributed by atoms with E-state index in [-0.39, 0.29) is 17.9 Å². The smallest absolute Gasteiger partial charge is 0.303 e. The average molecular weight is 255 g/mol. The van der Waals surface area contributed by atoms with Gasteiger partial charge in [0.2, 0.25) is 0 Å². The zero-order chi connectivity index (χ0) is 12.9. The molecule has 1 aromatic rings. The summed E-state index contributed by atoms with van der Waals surface area (Å²) >= 11 is 1.77. The molecule has 17 heavy (non-hydrogen) atoms. The number of aliphatic carboxylic acids is 1. The minimum Gasteiger partial charge on any atom is -0.481 e. The molecule has 0 aliphatic heterocycles. The zero-order valence-corrected chi connectivity index (χ0v) is 11.5. The number of carbonyl (C=O) groups is 1. The third-order valence-corrected chi connectivity index (χ3v) is 4.11. The molecule has 0 saturated heterocycles. The minimum absolute atomic E-state index is 0.103. The van der Waals surface area contributed by atoms with Crippen LogP contribution in [0.3, 0.4) is 0 Å². The molecule has 0 bridgehead atoms. The van der Waals surface area contributed by atoms with Gasteiger partial charge in [-0.2, -0.15) is 0 Å². The fourth-order valence-corrected chi connectivity index (χ4v) is 2.47. The van der Waals surface area contributed by atoms with Gasteiger partial charge in [-0.1, -0.05) is 19.9 Å². The van der Waals surface area contributed by atoms with Crippen molar-refractivity contribution in [2.45, 2.75) is 45.1 Å². The predicted octanol–water partition coefficient (Wildman–Crippen LogP) is 2.87. The van der Waals surface area contributed by atoms with E-state index in [2.05, 4.69) is 36.7 Å². The van der Waals surface area contributed by atoms with Gasteiger partial charge in [-0.25, -0.2) is 0 Å². The van der Waals surface area contributed by atoms with Gasteiger partial charge in [0, 0.05) is 29.3 Å². The van der Waals surface area contributed by atoms with E-state index in [9.17, 15) is 4.79 Å². The van der Waals surface area contributed by atoms with Gasteiger partial charge in [0.25, 0.3) is 0 Å². The molecule has 0 saturated carbocycles. The maximum absolute atomic E-state index is 10.5. The summed E-state index contributed by atoms with van der Waals surface area (Å²) in [6.45, 7) is 7.31. The lowest BCUT2D eigenvalue weighted by atomic mass is 9.91. The van der Waals surface area contributed by atoms with E-state index in [1.807, 2.05) is 6.92 Å². The Hall–Kier alpha value is -0.870. The Labute approximate surface area is 107 Å². The number of hydrogen-bond donors (Lipinski definition) is 2. The van der Waals surface area contributed by atoms with Crippen molar-refractivity contribution in [1.82, 2.24) is 5.32 Å². The molecule has 1 rings (SSSR count). The van der Waals surface area contributed by atoms with E-state index in [0.717, 1.165) is 6.54 Å². The molecule has 1 heterocycles. The third-order valence-electron chi connectivity index (χ3n) is 2.87. The molecule has 0 aliphatic carbocycles. The molecule has 2 N–H and O–H groups in total. The van der Waals surface area contributed by atoms with Crippen molar-refractivity contribution >= 4 is 17.3 Å². The molecule has 0 aromatic carbocycles. The largest absolute Gasteiger partial charge is 0.481 e. The lowest BCUT2D eigenvalue weighted by molar-refractivity contribution is -0.137. The Balaban J connectivity index is 2.37. The van der Waals surface area contributed by atoms with Gasteiger partial charge >= 0.3 is 5.97 Å². The summed E-state index contributed by atoms with van der Waals surface area (Å²) in [5.74, 6) is -0.726. The molecule has 1 atom stereocenters. The third kappa shape index (κ3) is 4.88. The summed E-state index contributed by atoms with van der Waals surface area (Å²) in [6.07, 6.45) is 0.906. The molecule has 4 heteroatoms. The van der Waals surface area contributed by atoms with Crippen LogP contribution in [0.1, 0.15) is 38.5 Å². The second-order valence-corrected chi connectivity index (χ2v) is 6.02. The summed E-state index contributed by atoms with van der Waals surface area (Å²) in [5.41, 5.74) is 0.103. The molecular formula is C13H21NO2S. The first kappa shape index (κ1) is 14.2. The normalized spacial score (nSPS) is 13.6. The number of carboxylic acid groups (broad SMARTS) is 1. The molecule has 0 fully saturated rings. The Morgan fingerprint density at radius 2 is 2.29 bits per heavy atom. The first-order valence-electron chi connectivity index (χ1n) is 5.91. The van der Waals surface area contributed by atoms with Crippen LogP contribution in [-0.4, -0.2) is 23.7 Å². The Kier molecular flexibility index (Phi) is 5.15. The van der Waals surface area contributed by atoms with Crippen molar-refractivity contribution in [2.75, 3.05) is 6.54 Å². The van der Waals surface area contributed by atoms with Crippen LogP contribution in [0.25, 0.3) is 0 Å². The molecule has 0 radical (unpaired) electrons. The maximum atomic E-state index is 10.5. The van der Waals surface area contributed by atoms with Crippen LogP contribution in [0, 0.1) is 0 Å². The summed E-state index contributed by atoms with van der Waals surface area (Å²) in [7, 11) is 0. The van der Waals surface area contributed by atoms with Crippen molar-refractivity contribution in [3.05, 3.63) is 22.4 Å². The molecular weight excluding hydrogens is 234 g/mol. The lowest BCUT2D eigenvalue weighted by Gasteiger charge is -2.26. The van der Waals surface area contributed by atoms with E-state index in [1.165, 1.54) is 4.88 Å². The van der Waals surface area contributed by atoms with Crippen molar-refractivity contribution in [2.24, 2.45) is 0 Å². The van der Waals surface area contributed by atoms with Crippen LogP contribution in [-0.2, 0) is 10.2 Å². The zero-order valence-electron chi connectivity index (χ0n) is 10.7. The number of hydrogen-bond acceptors (Lipinski definition) is 3. The summed E-state index contributed by atoms with van der Waals surface area (Å²) in [6, 6.07) is 4.45. The number of nitrogens with one attached hydrogen (secondary N) is 1. The predicted molar refractivity (Wildman–Crippen MR) is 71.7 cm³/mol. The van der Waals surface area contributed by atoms with Gasteiger partial charge in [0.15, 0.2) is 0 Å². The van der Waals surface area contributed by atoms with Gasteiger partial charge in [-0.3, -0.25) is 4.79 Å². The standard InChI is InChI=1S/C13H21NO2S/c1-10(6-7-12(15)16)14-9-13(2,3)11-5-4-8-17-11/h4-5,8,10,14H,6-7,9H2,1-3H3,(H,15,16). The fourth-order valence-electron chi connectivity index (χ4n) is 1.62. The Morgan fingerprint density at radius 3 is 2.82 bits per heavy atom. The average Bonchev–Trinajstić information content (AvgIpc) is 2.77. The molecule has 1 aromatic heterocycles. The van der Waals surface area contributed by atoms with E-state index in [1.54, 1.807) is 11.3 Å². The molecule has 3 nitrogen and oxygen atoms in total. The molecule has 0 amide bonds. The van der Waals surface area contributed by atoms with E-state index >= 15 is 0 Å². The van der Waals surface area contributed by atoms with Crippen LogP contribution in [0.15, 0.2) is 17.5 Å². The first-order valence-corrected chi connectivity index (χ1v) is 6.79. The quantitative estimate of drug-likeness (QED) is 0.787. The van der Waals surface area contributed by atoms with Crippen LogP contribution < -0.4 is 5.32 Å². The van der Waals surface area contributed by atoms with E-state index in [4.69, 9.17) is 5.11 Å². The number of carboxylic acids is 1.